The summed E-state index contributed by atoms with van der Waals surface area (Å²) in [5.41, 5.74) is 4.59. The number of benzene rings is 3. The molecule has 3 heterocycles. The van der Waals surface area contributed by atoms with Gasteiger partial charge in [-0.25, -0.2) is 4.99 Å². The number of anilines is 1. The zero-order chi connectivity index (χ0) is 32.4. The van der Waals surface area contributed by atoms with Crippen molar-refractivity contribution in [1.82, 2.24) is 9.13 Å². The van der Waals surface area contributed by atoms with E-state index in [1.165, 1.54) is 11.3 Å². The molecule has 10 heteroatoms. The first-order chi connectivity index (χ1) is 22.3. The highest BCUT2D eigenvalue weighted by Crippen LogP contribution is 2.32. The van der Waals surface area contributed by atoms with Gasteiger partial charge in [-0.15, -0.1) is 0 Å². The van der Waals surface area contributed by atoms with E-state index in [0.717, 1.165) is 27.7 Å². The maximum atomic E-state index is 14.3. The van der Waals surface area contributed by atoms with E-state index in [1.807, 2.05) is 103 Å². The van der Waals surface area contributed by atoms with Crippen LogP contribution < -0.4 is 24.9 Å². The van der Waals surface area contributed by atoms with Crippen molar-refractivity contribution in [3.05, 3.63) is 127 Å². The van der Waals surface area contributed by atoms with Gasteiger partial charge in [0.1, 0.15) is 12.3 Å². The fourth-order valence-electron chi connectivity index (χ4n) is 5.87. The molecular weight excluding hydrogens is 600 g/mol. The van der Waals surface area contributed by atoms with E-state index in [-0.39, 0.29) is 24.0 Å². The molecule has 0 bridgehead atoms. The second-order valence-corrected chi connectivity index (χ2v) is 11.8. The molecule has 6 rings (SSSR count). The Hall–Kier alpha value is -5.22. The number of rotatable bonds is 9. The second-order valence-electron chi connectivity index (χ2n) is 10.8. The number of fused-ring (bicyclic) bond motifs is 2. The van der Waals surface area contributed by atoms with E-state index >= 15 is 0 Å². The smallest absolute Gasteiger partial charge is 0.325 e. The van der Waals surface area contributed by atoms with Gasteiger partial charge in [-0.05, 0) is 69.7 Å². The monoisotopic (exact) mass is 634 g/mol. The predicted octanol–water partition coefficient (Wildman–Crippen LogP) is 5.10. The minimum Gasteiger partial charge on any atom is -0.494 e. The number of nitrogens with one attached hydrogen (secondary N) is 1. The molecule has 3 aromatic carbocycles. The van der Waals surface area contributed by atoms with Crippen molar-refractivity contribution < 1.29 is 19.1 Å². The van der Waals surface area contributed by atoms with Gasteiger partial charge in [0.2, 0.25) is 0 Å². The summed E-state index contributed by atoms with van der Waals surface area (Å²) >= 11 is 1.27. The number of esters is 1. The van der Waals surface area contributed by atoms with Crippen LogP contribution in [-0.4, -0.2) is 34.2 Å². The largest absolute Gasteiger partial charge is 0.494 e. The van der Waals surface area contributed by atoms with Gasteiger partial charge in [-0.2, -0.15) is 0 Å². The Balaban J connectivity index is 1.51. The third kappa shape index (κ3) is 5.79. The molecule has 234 valence electrons. The second kappa shape index (κ2) is 13.0. The lowest BCUT2D eigenvalue weighted by Crippen LogP contribution is -2.40. The highest BCUT2D eigenvalue weighted by Gasteiger charge is 2.32. The summed E-state index contributed by atoms with van der Waals surface area (Å²) in [4.78, 5) is 45.9. The first-order valence-electron chi connectivity index (χ1n) is 15.2. The Labute approximate surface area is 269 Å². The van der Waals surface area contributed by atoms with Crippen LogP contribution in [0.2, 0.25) is 0 Å². The molecule has 0 spiro atoms. The molecule has 9 nitrogen and oxygen atoms in total. The average molecular weight is 635 g/mol. The molecule has 1 amide bonds. The van der Waals surface area contributed by atoms with Crippen LogP contribution in [0.4, 0.5) is 5.69 Å². The lowest BCUT2D eigenvalue weighted by Gasteiger charge is -2.25. The van der Waals surface area contributed by atoms with Crippen molar-refractivity contribution in [3.63, 3.8) is 0 Å². The quantitative estimate of drug-likeness (QED) is 0.227. The molecule has 0 unspecified atom stereocenters. The Morgan fingerprint density at radius 3 is 2.39 bits per heavy atom. The van der Waals surface area contributed by atoms with E-state index in [0.29, 0.717) is 45.3 Å². The standard InChI is InChI=1S/C36H34N4O5S/c1-5-44-26-18-16-24(17-19-26)33-32(34(42)38-25-12-8-7-9-13-25)22(3)37-36-40(33)35(43)30(46-36)20-28-23(4)39(21-31(41)45-6-2)29-15-11-10-14-27(28)29/h7-20,33H,5-6,21H2,1-4H3,(H,38,42)/b30-20+/t33-/m1/s1. The Bertz CT molecular complexity index is 2160. The molecule has 1 atom stereocenters. The van der Waals surface area contributed by atoms with E-state index in [9.17, 15) is 14.4 Å². The summed E-state index contributed by atoms with van der Waals surface area (Å²) in [6, 6.07) is 23.7. The van der Waals surface area contributed by atoms with Crippen LogP contribution in [0.1, 0.15) is 43.6 Å². The zero-order valence-electron chi connectivity index (χ0n) is 26.1. The number of thiazole rings is 1. The van der Waals surface area contributed by atoms with Crippen LogP contribution in [0.15, 0.2) is 99.9 Å². The van der Waals surface area contributed by atoms with Crippen molar-refractivity contribution in [2.75, 3.05) is 18.5 Å². The SMILES string of the molecule is CCOC(=O)Cn1c(C)c(/C=c2/sc3n(c2=O)[C@H](c2ccc(OCC)cc2)C(C(=O)Nc2ccccc2)=C(C)N=3)c2ccccc21. The van der Waals surface area contributed by atoms with Crippen molar-refractivity contribution >= 4 is 45.9 Å². The molecule has 0 radical (unpaired) electrons. The Morgan fingerprint density at radius 1 is 0.957 bits per heavy atom. The Morgan fingerprint density at radius 2 is 1.67 bits per heavy atom. The molecule has 0 aliphatic carbocycles. The minimum atomic E-state index is -0.718. The van der Waals surface area contributed by atoms with Gasteiger partial charge in [0.25, 0.3) is 11.5 Å². The zero-order valence-corrected chi connectivity index (χ0v) is 26.9. The summed E-state index contributed by atoms with van der Waals surface area (Å²) in [6.45, 7) is 8.31. The number of carbonyl (C=O) groups excluding carboxylic acids is 2. The van der Waals surface area contributed by atoms with Gasteiger partial charge in [0.15, 0.2) is 4.80 Å². The van der Waals surface area contributed by atoms with Crippen molar-refractivity contribution in [1.29, 1.82) is 0 Å². The van der Waals surface area contributed by atoms with Gasteiger partial charge in [-0.3, -0.25) is 19.0 Å². The van der Waals surface area contributed by atoms with Gasteiger partial charge >= 0.3 is 5.97 Å². The number of nitrogens with zero attached hydrogens (tertiary/aromatic N) is 3. The Kier molecular flexibility index (Phi) is 8.72. The molecule has 1 aliphatic heterocycles. The number of aromatic nitrogens is 2. The van der Waals surface area contributed by atoms with Crippen molar-refractivity contribution in [2.45, 2.75) is 40.3 Å². The molecule has 5 aromatic rings. The number of ether oxygens (including phenoxy) is 2. The highest BCUT2D eigenvalue weighted by molar-refractivity contribution is 7.07. The van der Waals surface area contributed by atoms with Crippen LogP contribution in [0.3, 0.4) is 0 Å². The maximum Gasteiger partial charge on any atom is 0.325 e. The summed E-state index contributed by atoms with van der Waals surface area (Å²) in [5, 5.41) is 3.90. The molecule has 1 N–H and O–H groups in total. The normalized spacial score (nSPS) is 14.6. The number of carbonyl (C=O) groups is 2. The molecule has 1 aliphatic rings. The van der Waals surface area contributed by atoms with Gasteiger partial charge in [-0.1, -0.05) is 59.9 Å². The highest BCUT2D eigenvalue weighted by atomic mass is 32.1. The van der Waals surface area contributed by atoms with Gasteiger partial charge in [0, 0.05) is 27.8 Å². The predicted molar refractivity (Wildman–Crippen MR) is 180 cm³/mol. The number of amides is 1. The lowest BCUT2D eigenvalue weighted by molar-refractivity contribution is -0.143. The summed E-state index contributed by atoms with van der Waals surface area (Å²) in [5.74, 6) is 0.0345. The first-order valence-corrected chi connectivity index (χ1v) is 16.0. The summed E-state index contributed by atoms with van der Waals surface area (Å²) in [7, 11) is 0. The average Bonchev–Trinajstić information content (AvgIpc) is 3.49. The van der Waals surface area contributed by atoms with Crippen molar-refractivity contribution in [3.8, 4) is 5.75 Å². The third-order valence-electron chi connectivity index (χ3n) is 7.95. The maximum absolute atomic E-state index is 14.3. The van der Waals surface area contributed by atoms with Gasteiger partial charge in [0.05, 0.1) is 35.1 Å². The summed E-state index contributed by atoms with van der Waals surface area (Å²) in [6.07, 6.45) is 1.86. The number of para-hydroxylation sites is 2. The van der Waals surface area contributed by atoms with Crippen LogP contribution >= 0.6 is 11.3 Å². The minimum absolute atomic E-state index is 0.0616. The lowest BCUT2D eigenvalue weighted by atomic mass is 9.95. The van der Waals surface area contributed by atoms with Crippen molar-refractivity contribution in [2.24, 2.45) is 4.99 Å². The number of hydrogen-bond donors (Lipinski definition) is 1. The topological polar surface area (TPSA) is 104 Å². The van der Waals surface area contributed by atoms with Crippen LogP contribution in [0.5, 0.6) is 5.75 Å². The first kappa shape index (κ1) is 30.8. The molecule has 0 saturated heterocycles. The molecular formula is C36H34N4O5S. The fraction of sp³-hybridized carbons (Fsp3) is 0.222. The molecule has 46 heavy (non-hydrogen) atoms. The number of allylic oxidation sites excluding steroid dienone is 1. The molecule has 0 saturated carbocycles. The summed E-state index contributed by atoms with van der Waals surface area (Å²) < 4.78 is 14.9. The van der Waals surface area contributed by atoms with E-state index in [1.54, 1.807) is 18.4 Å². The van der Waals surface area contributed by atoms with E-state index in [4.69, 9.17) is 14.5 Å². The van der Waals surface area contributed by atoms with E-state index < -0.39 is 6.04 Å². The van der Waals surface area contributed by atoms with Crippen LogP contribution in [0.25, 0.3) is 17.0 Å². The molecule has 2 aromatic heterocycles. The number of hydrogen-bond acceptors (Lipinski definition) is 7. The molecule has 0 fully saturated rings. The van der Waals surface area contributed by atoms with Crippen LogP contribution in [-0.2, 0) is 20.9 Å². The fourth-order valence-corrected chi connectivity index (χ4v) is 6.90. The van der Waals surface area contributed by atoms with Gasteiger partial charge < -0.3 is 19.4 Å². The van der Waals surface area contributed by atoms with Crippen LogP contribution in [0, 0.1) is 6.92 Å². The third-order valence-corrected chi connectivity index (χ3v) is 8.94. The van der Waals surface area contributed by atoms with E-state index in [2.05, 4.69) is 5.32 Å².